The van der Waals surface area contributed by atoms with Crippen molar-refractivity contribution in [3.05, 3.63) is 12.7 Å². The van der Waals surface area contributed by atoms with E-state index in [1.54, 1.807) is 6.92 Å². The second-order valence-corrected chi connectivity index (χ2v) is 1.66. The van der Waals surface area contributed by atoms with Gasteiger partial charge in [-0.05, 0) is 18.5 Å². The molecule has 0 aromatic heterocycles. The fourth-order valence-corrected chi connectivity index (χ4v) is 0.361. The zero-order valence-electron chi connectivity index (χ0n) is 4.56. The topological polar surface area (TPSA) is 12.4 Å². The summed E-state index contributed by atoms with van der Waals surface area (Å²) in [7, 11) is 0. The second kappa shape index (κ2) is 3.61. The van der Waals surface area contributed by atoms with Crippen LogP contribution >= 0.6 is 11.6 Å². The lowest BCUT2D eigenvalue weighted by molar-refractivity contribution is 0.794. The second-order valence-electron chi connectivity index (χ2n) is 1.35. The number of rotatable bonds is 2. The molecule has 3 heteroatoms. The van der Waals surface area contributed by atoms with Gasteiger partial charge in [-0.2, -0.15) is 4.39 Å². The Balaban J connectivity index is 3.68. The molecule has 0 radical (unpaired) electrons. The van der Waals surface area contributed by atoms with Crippen LogP contribution in [0, 0.1) is 0 Å². The first-order chi connectivity index (χ1) is 3.66. The van der Waals surface area contributed by atoms with Crippen molar-refractivity contribution in [2.75, 3.05) is 0 Å². The van der Waals surface area contributed by atoms with Crippen molar-refractivity contribution in [3.63, 3.8) is 0 Å². The van der Waals surface area contributed by atoms with E-state index in [1.165, 1.54) is 6.08 Å². The van der Waals surface area contributed by atoms with E-state index in [2.05, 4.69) is 11.6 Å². The van der Waals surface area contributed by atoms with E-state index in [4.69, 9.17) is 11.6 Å². The molecule has 1 nitrogen and oxygen atoms in total. The molecule has 0 aromatic carbocycles. The van der Waals surface area contributed by atoms with Crippen LogP contribution in [0.5, 0.6) is 0 Å². The lowest BCUT2D eigenvalue weighted by atomic mass is 10.4. The van der Waals surface area contributed by atoms with Gasteiger partial charge in [-0.25, -0.2) is 4.99 Å². The molecular weight excluding hydrogens is 129 g/mol. The van der Waals surface area contributed by atoms with Crippen molar-refractivity contribution in [2.45, 2.75) is 13.0 Å². The predicted molar refractivity (Wildman–Crippen MR) is 34.1 cm³/mol. The van der Waals surface area contributed by atoms with E-state index >= 15 is 0 Å². The average molecular weight is 136 g/mol. The van der Waals surface area contributed by atoms with Crippen LogP contribution in [0.15, 0.2) is 17.6 Å². The Morgan fingerprint density at radius 1 is 2.00 bits per heavy atom. The third-order valence-corrected chi connectivity index (χ3v) is 0.740. The maximum absolute atomic E-state index is 11.6. The summed E-state index contributed by atoms with van der Waals surface area (Å²) < 4.78 is 11.6. The summed E-state index contributed by atoms with van der Waals surface area (Å²) in [5, 5.41) is 0. The summed E-state index contributed by atoms with van der Waals surface area (Å²) in [5.41, 5.74) is -0.919. The smallest absolute Gasteiger partial charge is 0.240 e. The number of halogens is 2. The first-order valence-corrected chi connectivity index (χ1v) is 2.56. The van der Waals surface area contributed by atoms with Gasteiger partial charge in [0.05, 0.1) is 6.04 Å². The van der Waals surface area contributed by atoms with Gasteiger partial charge in [0.1, 0.15) is 0 Å². The molecule has 0 aliphatic heterocycles. The molecular formula is C5H7ClFN. The zero-order valence-corrected chi connectivity index (χ0v) is 5.32. The van der Waals surface area contributed by atoms with Crippen molar-refractivity contribution in [3.8, 4) is 0 Å². The molecule has 0 aliphatic rings. The Hall–Kier alpha value is -0.370. The Labute approximate surface area is 52.9 Å². The highest BCUT2D eigenvalue weighted by molar-refractivity contribution is 6.62. The van der Waals surface area contributed by atoms with Crippen molar-refractivity contribution >= 4 is 17.0 Å². The standard InChI is InChI=1S/C5H7ClFN/c1-3-4(2)8-5(6)7/h3-4H,1H2,2H3/b8-5-. The quantitative estimate of drug-likeness (QED) is 0.406. The van der Waals surface area contributed by atoms with Gasteiger partial charge in [0, 0.05) is 0 Å². The van der Waals surface area contributed by atoms with Gasteiger partial charge in [0.25, 0.3) is 5.42 Å². The van der Waals surface area contributed by atoms with Crippen LogP contribution in [-0.4, -0.2) is 11.5 Å². The maximum atomic E-state index is 11.6. The van der Waals surface area contributed by atoms with Crippen LogP contribution in [0.25, 0.3) is 0 Å². The molecule has 0 saturated heterocycles. The Morgan fingerprint density at radius 3 is 2.62 bits per heavy atom. The molecule has 1 unspecified atom stereocenters. The summed E-state index contributed by atoms with van der Waals surface area (Å²) in [6.07, 6.45) is 1.50. The van der Waals surface area contributed by atoms with E-state index in [0.717, 1.165) is 0 Å². The third-order valence-electron chi connectivity index (χ3n) is 0.642. The van der Waals surface area contributed by atoms with Crippen LogP contribution in [0.2, 0.25) is 0 Å². The first-order valence-electron chi connectivity index (χ1n) is 2.18. The van der Waals surface area contributed by atoms with Crippen molar-refractivity contribution in [2.24, 2.45) is 4.99 Å². The number of aliphatic imine (C=N–C) groups is 1. The summed E-state index contributed by atoms with van der Waals surface area (Å²) >= 11 is 4.79. The van der Waals surface area contributed by atoms with Gasteiger partial charge in [0.15, 0.2) is 0 Å². The normalized spacial score (nSPS) is 15.6. The molecule has 0 rings (SSSR count). The van der Waals surface area contributed by atoms with Gasteiger partial charge in [-0.1, -0.05) is 6.08 Å². The summed E-state index contributed by atoms with van der Waals surface area (Å²) in [4.78, 5) is 3.29. The van der Waals surface area contributed by atoms with Crippen LogP contribution in [-0.2, 0) is 0 Å². The van der Waals surface area contributed by atoms with Crippen LogP contribution < -0.4 is 0 Å². The molecule has 46 valence electrons. The fraction of sp³-hybridized carbons (Fsp3) is 0.400. The van der Waals surface area contributed by atoms with Gasteiger partial charge >= 0.3 is 0 Å². The minimum atomic E-state index is -0.919. The number of nitrogens with zero attached hydrogens (tertiary/aromatic N) is 1. The minimum absolute atomic E-state index is 0.229. The molecule has 0 saturated carbocycles. The summed E-state index contributed by atoms with van der Waals surface area (Å²) in [5.74, 6) is 0. The van der Waals surface area contributed by atoms with Crippen molar-refractivity contribution < 1.29 is 4.39 Å². The fourth-order valence-electron chi connectivity index (χ4n) is 0.207. The molecule has 0 aliphatic carbocycles. The summed E-state index contributed by atoms with van der Waals surface area (Å²) in [6, 6.07) is -0.229. The van der Waals surface area contributed by atoms with E-state index in [1.807, 2.05) is 0 Å². The van der Waals surface area contributed by atoms with Gasteiger partial charge in [-0.3, -0.25) is 0 Å². The zero-order chi connectivity index (χ0) is 6.57. The van der Waals surface area contributed by atoms with E-state index < -0.39 is 5.42 Å². The molecule has 0 amide bonds. The monoisotopic (exact) mass is 135 g/mol. The average Bonchev–Trinajstić information content (AvgIpc) is 1.65. The summed E-state index contributed by atoms with van der Waals surface area (Å²) in [6.45, 7) is 5.07. The maximum Gasteiger partial charge on any atom is 0.278 e. The molecule has 0 fully saturated rings. The lowest BCUT2D eigenvalue weighted by Gasteiger charge is -1.92. The Bertz CT molecular complexity index is 107. The molecule has 0 bridgehead atoms. The highest BCUT2D eigenvalue weighted by Gasteiger charge is 1.91. The lowest BCUT2D eigenvalue weighted by Crippen LogP contribution is -1.91. The van der Waals surface area contributed by atoms with Crippen molar-refractivity contribution in [1.82, 2.24) is 0 Å². The van der Waals surface area contributed by atoms with Crippen LogP contribution in [0.3, 0.4) is 0 Å². The van der Waals surface area contributed by atoms with E-state index in [0.29, 0.717) is 0 Å². The van der Waals surface area contributed by atoms with E-state index in [-0.39, 0.29) is 6.04 Å². The van der Waals surface area contributed by atoms with Gasteiger partial charge in [-0.15, -0.1) is 6.58 Å². The molecule has 8 heavy (non-hydrogen) atoms. The third kappa shape index (κ3) is 3.81. The molecule has 0 aromatic rings. The Kier molecular flexibility index (Phi) is 3.44. The minimum Gasteiger partial charge on any atom is -0.240 e. The molecule has 1 atom stereocenters. The molecule has 0 spiro atoms. The SMILES string of the molecule is C=CC(C)/N=C(\F)Cl. The van der Waals surface area contributed by atoms with Gasteiger partial charge in [0.2, 0.25) is 0 Å². The highest BCUT2D eigenvalue weighted by atomic mass is 35.5. The number of hydrogen-bond donors (Lipinski definition) is 0. The predicted octanol–water partition coefficient (Wildman–Crippen LogP) is 2.13. The molecule has 0 heterocycles. The van der Waals surface area contributed by atoms with E-state index in [9.17, 15) is 4.39 Å². The van der Waals surface area contributed by atoms with Crippen LogP contribution in [0.1, 0.15) is 6.92 Å². The van der Waals surface area contributed by atoms with Crippen LogP contribution in [0.4, 0.5) is 4.39 Å². The Morgan fingerprint density at radius 2 is 2.50 bits per heavy atom. The highest BCUT2D eigenvalue weighted by Crippen LogP contribution is 1.94. The number of hydrogen-bond acceptors (Lipinski definition) is 1. The van der Waals surface area contributed by atoms with Gasteiger partial charge < -0.3 is 0 Å². The molecule has 0 N–H and O–H groups in total. The largest absolute Gasteiger partial charge is 0.278 e. The van der Waals surface area contributed by atoms with Crippen molar-refractivity contribution in [1.29, 1.82) is 0 Å². The first kappa shape index (κ1) is 7.63.